The SMILES string of the molecule is CC(C)(C)OC(=O)CCN(CC1C(=O)C=CC1=O)C(=O)CCN1C(=O)C=CC1=O. The largest absolute Gasteiger partial charge is 0.460 e. The lowest BCUT2D eigenvalue weighted by Crippen LogP contribution is -2.42. The molecule has 3 amide bonds. The predicted molar refractivity (Wildman–Crippen MR) is 100 cm³/mol. The van der Waals surface area contributed by atoms with E-state index in [2.05, 4.69) is 0 Å². The van der Waals surface area contributed by atoms with Crippen molar-refractivity contribution in [2.75, 3.05) is 19.6 Å². The first-order valence-electron chi connectivity index (χ1n) is 9.27. The molecule has 0 atom stereocenters. The minimum Gasteiger partial charge on any atom is -0.460 e. The molecule has 0 radical (unpaired) electrons. The van der Waals surface area contributed by atoms with Gasteiger partial charge in [0.05, 0.1) is 6.42 Å². The average Bonchev–Trinajstić information content (AvgIpc) is 3.10. The van der Waals surface area contributed by atoms with Gasteiger partial charge in [0, 0.05) is 38.2 Å². The van der Waals surface area contributed by atoms with Crippen molar-refractivity contribution in [2.24, 2.45) is 5.92 Å². The van der Waals surface area contributed by atoms with E-state index in [0.717, 1.165) is 29.2 Å². The molecule has 0 unspecified atom stereocenters. The number of ether oxygens (including phenoxy) is 1. The summed E-state index contributed by atoms with van der Waals surface area (Å²) in [5.74, 6) is -3.82. The van der Waals surface area contributed by atoms with Gasteiger partial charge in [-0.2, -0.15) is 0 Å². The smallest absolute Gasteiger partial charge is 0.308 e. The molecular formula is C20H24N2O7. The topological polar surface area (TPSA) is 118 Å². The highest BCUT2D eigenvalue weighted by Gasteiger charge is 2.32. The van der Waals surface area contributed by atoms with Crippen LogP contribution in [0.3, 0.4) is 0 Å². The number of rotatable bonds is 8. The normalized spacial score (nSPS) is 16.9. The highest BCUT2D eigenvalue weighted by Crippen LogP contribution is 2.15. The van der Waals surface area contributed by atoms with E-state index in [-0.39, 0.29) is 32.5 Å². The van der Waals surface area contributed by atoms with Crippen molar-refractivity contribution in [1.82, 2.24) is 9.80 Å². The zero-order chi connectivity index (χ0) is 21.8. The Morgan fingerprint density at radius 2 is 1.52 bits per heavy atom. The molecule has 0 aromatic heterocycles. The molecule has 0 fully saturated rings. The summed E-state index contributed by atoms with van der Waals surface area (Å²) in [6.45, 7) is 4.79. The van der Waals surface area contributed by atoms with Gasteiger partial charge in [0.15, 0.2) is 11.6 Å². The number of carbonyl (C=O) groups excluding carboxylic acids is 6. The van der Waals surface area contributed by atoms with Crippen LogP contribution in [0.25, 0.3) is 0 Å². The molecule has 0 saturated carbocycles. The number of hydrogen-bond donors (Lipinski definition) is 0. The molecule has 9 nitrogen and oxygen atoms in total. The molecule has 2 rings (SSSR count). The number of carbonyl (C=O) groups is 6. The van der Waals surface area contributed by atoms with E-state index in [0.29, 0.717) is 0 Å². The van der Waals surface area contributed by atoms with E-state index < -0.39 is 46.8 Å². The maximum Gasteiger partial charge on any atom is 0.308 e. The molecule has 0 spiro atoms. The number of esters is 1. The molecule has 156 valence electrons. The Kier molecular flexibility index (Phi) is 6.84. The van der Waals surface area contributed by atoms with E-state index in [1.165, 1.54) is 4.90 Å². The Morgan fingerprint density at radius 1 is 0.966 bits per heavy atom. The second-order valence-electron chi connectivity index (χ2n) is 7.78. The molecule has 0 aromatic carbocycles. The second-order valence-corrected chi connectivity index (χ2v) is 7.78. The van der Waals surface area contributed by atoms with Gasteiger partial charge in [-0.3, -0.25) is 33.7 Å². The summed E-state index contributed by atoms with van der Waals surface area (Å²) in [4.78, 5) is 73.8. The highest BCUT2D eigenvalue weighted by atomic mass is 16.6. The van der Waals surface area contributed by atoms with Crippen LogP contribution in [-0.4, -0.2) is 70.3 Å². The zero-order valence-corrected chi connectivity index (χ0v) is 16.7. The Hall–Kier alpha value is -3.10. The third-order valence-electron chi connectivity index (χ3n) is 4.31. The Morgan fingerprint density at radius 3 is 2.03 bits per heavy atom. The van der Waals surface area contributed by atoms with Crippen molar-refractivity contribution >= 4 is 35.3 Å². The van der Waals surface area contributed by atoms with Gasteiger partial charge in [-0.15, -0.1) is 0 Å². The fourth-order valence-electron chi connectivity index (χ4n) is 2.89. The first-order chi connectivity index (χ1) is 13.5. The number of imide groups is 1. The van der Waals surface area contributed by atoms with Crippen LogP contribution in [0.2, 0.25) is 0 Å². The number of allylic oxidation sites excluding steroid dienone is 2. The lowest BCUT2D eigenvalue weighted by Gasteiger charge is -2.26. The van der Waals surface area contributed by atoms with E-state index in [9.17, 15) is 28.8 Å². The zero-order valence-electron chi connectivity index (χ0n) is 16.7. The summed E-state index contributed by atoms with van der Waals surface area (Å²) in [6, 6.07) is 0. The molecule has 0 N–H and O–H groups in total. The van der Waals surface area contributed by atoms with Crippen molar-refractivity contribution in [3.63, 3.8) is 0 Å². The van der Waals surface area contributed by atoms with Crippen LogP contribution in [0.15, 0.2) is 24.3 Å². The third-order valence-corrected chi connectivity index (χ3v) is 4.31. The second kappa shape index (κ2) is 8.93. The molecule has 2 aliphatic rings. The summed E-state index contributed by atoms with van der Waals surface area (Å²) < 4.78 is 5.22. The maximum atomic E-state index is 12.7. The number of hydrogen-bond acceptors (Lipinski definition) is 7. The summed E-state index contributed by atoms with van der Waals surface area (Å²) >= 11 is 0. The minimum absolute atomic E-state index is 0.0506. The first-order valence-corrected chi connectivity index (χ1v) is 9.27. The highest BCUT2D eigenvalue weighted by molar-refractivity contribution is 6.19. The molecule has 9 heteroatoms. The van der Waals surface area contributed by atoms with Gasteiger partial charge in [-0.25, -0.2) is 0 Å². The van der Waals surface area contributed by atoms with Gasteiger partial charge in [0.25, 0.3) is 11.8 Å². The van der Waals surface area contributed by atoms with Crippen molar-refractivity contribution in [3.8, 4) is 0 Å². The third kappa shape index (κ3) is 6.20. The fraction of sp³-hybridized carbons (Fsp3) is 0.500. The van der Waals surface area contributed by atoms with Gasteiger partial charge >= 0.3 is 5.97 Å². The molecule has 1 aliphatic heterocycles. The summed E-state index contributed by atoms with van der Waals surface area (Å²) in [5, 5.41) is 0. The van der Waals surface area contributed by atoms with Crippen LogP contribution >= 0.6 is 0 Å². The Labute approximate surface area is 168 Å². The maximum absolute atomic E-state index is 12.7. The predicted octanol–water partition coefficient (Wildman–Crippen LogP) is 0.186. The van der Waals surface area contributed by atoms with Crippen molar-refractivity contribution in [2.45, 2.75) is 39.2 Å². The van der Waals surface area contributed by atoms with Gasteiger partial charge in [0.1, 0.15) is 11.5 Å². The van der Waals surface area contributed by atoms with Crippen LogP contribution in [0.1, 0.15) is 33.6 Å². The molecule has 1 heterocycles. The number of amides is 3. The standard InChI is InChI=1S/C20H24N2O7/c1-20(2,3)29-19(28)9-10-21(12-13-14(23)4-5-15(13)24)16(25)8-11-22-17(26)6-7-18(22)27/h4-7,13H,8-12H2,1-3H3. The van der Waals surface area contributed by atoms with Gasteiger partial charge < -0.3 is 9.64 Å². The Bertz CT molecular complexity index is 768. The Balaban J connectivity index is 2.00. The lowest BCUT2D eigenvalue weighted by atomic mass is 10.0. The monoisotopic (exact) mass is 404 g/mol. The van der Waals surface area contributed by atoms with Crippen molar-refractivity contribution < 1.29 is 33.5 Å². The van der Waals surface area contributed by atoms with Gasteiger partial charge in [0.2, 0.25) is 5.91 Å². The molecule has 0 aromatic rings. The van der Waals surface area contributed by atoms with E-state index in [1.54, 1.807) is 20.8 Å². The van der Waals surface area contributed by atoms with Crippen LogP contribution in [0.4, 0.5) is 0 Å². The molecule has 1 aliphatic carbocycles. The van der Waals surface area contributed by atoms with Crippen LogP contribution in [0, 0.1) is 5.92 Å². The fourth-order valence-corrected chi connectivity index (χ4v) is 2.89. The van der Waals surface area contributed by atoms with Crippen molar-refractivity contribution in [3.05, 3.63) is 24.3 Å². The van der Waals surface area contributed by atoms with Gasteiger partial charge in [-0.05, 0) is 32.9 Å². The van der Waals surface area contributed by atoms with Gasteiger partial charge in [-0.1, -0.05) is 0 Å². The molecular weight excluding hydrogens is 380 g/mol. The van der Waals surface area contributed by atoms with E-state index in [4.69, 9.17) is 4.74 Å². The summed E-state index contributed by atoms with van der Waals surface area (Å²) in [6.07, 6.45) is 4.27. The van der Waals surface area contributed by atoms with E-state index in [1.807, 2.05) is 0 Å². The first kappa shape index (κ1) is 22.2. The number of nitrogens with zero attached hydrogens (tertiary/aromatic N) is 2. The quantitative estimate of drug-likeness (QED) is 0.322. The molecule has 29 heavy (non-hydrogen) atoms. The number of ketones is 2. The van der Waals surface area contributed by atoms with E-state index >= 15 is 0 Å². The van der Waals surface area contributed by atoms with Crippen LogP contribution in [-0.2, 0) is 33.5 Å². The average molecular weight is 404 g/mol. The minimum atomic E-state index is -1.01. The lowest BCUT2D eigenvalue weighted by molar-refractivity contribution is -0.155. The molecule has 0 bridgehead atoms. The van der Waals surface area contributed by atoms with Crippen LogP contribution < -0.4 is 0 Å². The van der Waals surface area contributed by atoms with Crippen LogP contribution in [0.5, 0.6) is 0 Å². The molecule has 0 saturated heterocycles. The van der Waals surface area contributed by atoms with Crippen molar-refractivity contribution in [1.29, 1.82) is 0 Å². The summed E-state index contributed by atoms with van der Waals surface area (Å²) in [5.41, 5.74) is -0.684. The summed E-state index contributed by atoms with van der Waals surface area (Å²) in [7, 11) is 0.